The van der Waals surface area contributed by atoms with Gasteiger partial charge in [-0.25, -0.2) is 9.37 Å². The fourth-order valence-corrected chi connectivity index (χ4v) is 5.96. The van der Waals surface area contributed by atoms with Crippen LogP contribution in [0.3, 0.4) is 0 Å². The number of hydrogen-bond donors (Lipinski definition) is 3. The molecule has 0 spiro atoms. The van der Waals surface area contributed by atoms with Crippen LogP contribution in [-0.2, 0) is 21.4 Å². The minimum Gasteiger partial charge on any atom is -0.383 e. The number of nitrogen functional groups attached to an aromatic ring is 1. The number of fused-ring (bicyclic) bond motifs is 1. The molecule has 2 aromatic heterocycles. The zero-order valence-corrected chi connectivity index (χ0v) is 28.9. The van der Waals surface area contributed by atoms with Crippen molar-refractivity contribution in [2.24, 2.45) is 7.05 Å². The fourth-order valence-electron chi connectivity index (χ4n) is 5.69. The van der Waals surface area contributed by atoms with E-state index in [9.17, 15) is 31.9 Å². The van der Waals surface area contributed by atoms with Gasteiger partial charge in [0.15, 0.2) is 5.83 Å². The molecule has 3 heterocycles. The number of rotatable bonds is 9. The maximum Gasteiger partial charge on any atom is 0.405 e. The molecular formula is C36H34ClF4N7O4. The molecule has 11 nitrogen and oxygen atoms in total. The van der Waals surface area contributed by atoms with Crippen LogP contribution in [0.5, 0.6) is 0 Å². The highest BCUT2D eigenvalue weighted by atomic mass is 35.5. The number of hydrogen-bond acceptors (Lipinski definition) is 7. The maximum atomic E-state index is 13.3. The van der Waals surface area contributed by atoms with Gasteiger partial charge in [-0.3, -0.25) is 19.3 Å². The highest BCUT2D eigenvalue weighted by Gasteiger charge is 2.29. The van der Waals surface area contributed by atoms with Gasteiger partial charge in [0.1, 0.15) is 12.4 Å². The molecule has 5 rings (SSSR count). The van der Waals surface area contributed by atoms with Crippen molar-refractivity contribution in [2.75, 3.05) is 64.0 Å². The molecule has 4 aromatic rings. The summed E-state index contributed by atoms with van der Waals surface area (Å²) in [7, 11) is 3.41. The van der Waals surface area contributed by atoms with Gasteiger partial charge < -0.3 is 30.6 Å². The van der Waals surface area contributed by atoms with Crippen LogP contribution in [0.4, 0.5) is 29.1 Å². The van der Waals surface area contributed by atoms with Crippen molar-refractivity contribution < 1.29 is 36.7 Å². The third kappa shape index (κ3) is 8.71. The van der Waals surface area contributed by atoms with E-state index in [4.69, 9.17) is 22.1 Å². The Labute approximate surface area is 301 Å². The van der Waals surface area contributed by atoms with E-state index in [2.05, 4.69) is 33.6 Å². The third-order valence-corrected chi connectivity index (χ3v) is 8.67. The molecule has 4 N–H and O–H groups in total. The number of pyridine rings is 1. The summed E-state index contributed by atoms with van der Waals surface area (Å²) in [6.07, 6.45) is -3.17. The quantitative estimate of drug-likeness (QED) is 0.125. The number of alkyl halides is 3. The van der Waals surface area contributed by atoms with Gasteiger partial charge in [0, 0.05) is 63.6 Å². The second-order valence-corrected chi connectivity index (χ2v) is 12.3. The Balaban J connectivity index is 1.59. The van der Waals surface area contributed by atoms with E-state index in [1.165, 1.54) is 29.3 Å². The first kappa shape index (κ1) is 37.8. The van der Waals surface area contributed by atoms with Crippen LogP contribution in [-0.4, -0.2) is 96.2 Å². The van der Waals surface area contributed by atoms with Gasteiger partial charge in [0.2, 0.25) is 0 Å². The molecule has 2 aromatic carbocycles. The number of amides is 3. The van der Waals surface area contributed by atoms with Gasteiger partial charge in [-0.05, 0) is 35.4 Å². The van der Waals surface area contributed by atoms with Gasteiger partial charge in [0.25, 0.3) is 17.7 Å². The van der Waals surface area contributed by atoms with Gasteiger partial charge in [0.05, 0.1) is 46.0 Å². The number of nitrogens with one attached hydrogen (secondary N) is 2. The predicted molar refractivity (Wildman–Crippen MR) is 190 cm³/mol. The van der Waals surface area contributed by atoms with E-state index in [1.54, 1.807) is 42.9 Å². The third-order valence-electron chi connectivity index (χ3n) is 8.36. The number of morpholine rings is 1. The first-order chi connectivity index (χ1) is 24.6. The number of nitrogens with two attached hydrogens (primary N) is 1. The standard InChI is InChI=1S/C36H34ClF4N7O4/c1-21(38)34(50)45-25-8-4-22(5-9-25)31-29(23-6-10-26(27(37)18-23)35(51)44-20-36(39,40)41)30-32(47(31)3)24(19-43-33(30)42)7-11-28(49)46(2)12-13-48-14-16-52-17-15-48/h4-6,8-10,18-19H,1,12-17,20H2,2-3H3,(H2,42,43)(H,44,51)(H,45,50). The first-order valence-electron chi connectivity index (χ1n) is 15.9. The first-order valence-corrected chi connectivity index (χ1v) is 16.3. The maximum absolute atomic E-state index is 13.3. The molecule has 0 radical (unpaired) electrons. The number of benzene rings is 2. The Morgan fingerprint density at radius 3 is 2.42 bits per heavy atom. The molecular weight excluding hydrogens is 706 g/mol. The summed E-state index contributed by atoms with van der Waals surface area (Å²) in [5, 5.41) is 4.51. The number of aryl methyl sites for hydroxylation is 1. The van der Waals surface area contributed by atoms with Crippen LogP contribution >= 0.6 is 11.6 Å². The van der Waals surface area contributed by atoms with Crippen LogP contribution in [0, 0.1) is 11.8 Å². The smallest absolute Gasteiger partial charge is 0.383 e. The molecule has 52 heavy (non-hydrogen) atoms. The van der Waals surface area contributed by atoms with Crippen molar-refractivity contribution in [3.05, 3.63) is 77.2 Å². The van der Waals surface area contributed by atoms with Crippen molar-refractivity contribution >= 4 is 51.7 Å². The summed E-state index contributed by atoms with van der Waals surface area (Å²) in [6, 6.07) is 10.7. The van der Waals surface area contributed by atoms with E-state index < -0.39 is 36.3 Å². The fraction of sp³-hybridized carbons (Fsp3) is 0.278. The molecule has 0 saturated carbocycles. The van der Waals surface area contributed by atoms with Crippen LogP contribution in [0.15, 0.2) is 61.1 Å². The highest BCUT2D eigenvalue weighted by Crippen LogP contribution is 2.44. The largest absolute Gasteiger partial charge is 0.405 e. The van der Waals surface area contributed by atoms with Crippen molar-refractivity contribution in [3.63, 3.8) is 0 Å². The average molecular weight is 740 g/mol. The van der Waals surface area contributed by atoms with Crippen LogP contribution in [0.1, 0.15) is 15.9 Å². The molecule has 1 fully saturated rings. The van der Waals surface area contributed by atoms with Crippen molar-refractivity contribution in [2.45, 2.75) is 6.18 Å². The molecule has 16 heteroatoms. The van der Waals surface area contributed by atoms with E-state index in [0.29, 0.717) is 65.2 Å². The lowest BCUT2D eigenvalue weighted by Crippen LogP contribution is -2.41. The van der Waals surface area contributed by atoms with Gasteiger partial charge in [-0.2, -0.15) is 13.2 Å². The highest BCUT2D eigenvalue weighted by molar-refractivity contribution is 6.34. The second kappa shape index (κ2) is 15.9. The summed E-state index contributed by atoms with van der Waals surface area (Å²) >= 11 is 6.49. The van der Waals surface area contributed by atoms with Gasteiger partial charge in [-0.1, -0.05) is 42.3 Å². The molecule has 272 valence electrons. The predicted octanol–water partition coefficient (Wildman–Crippen LogP) is 5.00. The lowest BCUT2D eigenvalue weighted by molar-refractivity contribution is -0.124. The molecule has 1 aliphatic heterocycles. The number of ether oxygens (including phenoxy) is 1. The second-order valence-electron chi connectivity index (χ2n) is 11.9. The van der Waals surface area contributed by atoms with Crippen molar-refractivity contribution in [3.8, 4) is 34.2 Å². The Morgan fingerprint density at radius 2 is 1.79 bits per heavy atom. The number of likely N-dealkylation sites (N-methyl/N-ethyl adjacent to an activating group) is 1. The number of nitrogens with zero attached hydrogens (tertiary/aromatic N) is 4. The van der Waals surface area contributed by atoms with Gasteiger partial charge in [-0.15, -0.1) is 0 Å². The minimum atomic E-state index is -4.62. The monoisotopic (exact) mass is 739 g/mol. The molecule has 0 aliphatic carbocycles. The number of anilines is 2. The average Bonchev–Trinajstić information content (AvgIpc) is 3.43. The molecule has 0 unspecified atom stereocenters. The van der Waals surface area contributed by atoms with E-state index >= 15 is 0 Å². The normalized spacial score (nSPS) is 13.3. The Hall–Kier alpha value is -5.43. The number of halogens is 5. The van der Waals surface area contributed by atoms with E-state index in [0.717, 1.165) is 13.1 Å². The van der Waals surface area contributed by atoms with E-state index in [-0.39, 0.29) is 22.1 Å². The van der Waals surface area contributed by atoms with Crippen molar-refractivity contribution in [1.82, 2.24) is 24.7 Å². The number of aromatic nitrogens is 2. The molecule has 0 bridgehead atoms. The van der Waals surface area contributed by atoms with Gasteiger partial charge >= 0.3 is 6.18 Å². The number of carbonyl (C=O) groups excluding carboxylic acids is 3. The summed E-state index contributed by atoms with van der Waals surface area (Å²) in [5.41, 5.74) is 9.51. The lowest BCUT2D eigenvalue weighted by atomic mass is 9.96. The van der Waals surface area contributed by atoms with Crippen LogP contribution < -0.4 is 16.4 Å². The molecule has 3 amide bonds. The zero-order valence-electron chi connectivity index (χ0n) is 28.2. The SMILES string of the molecule is C=C(F)C(=O)Nc1ccc(-c2c(-c3ccc(C(=O)NCC(F)(F)F)c(Cl)c3)c3c(N)ncc(C#CC(=O)N(C)CCN4CCOCC4)c3n2C)cc1. The summed E-state index contributed by atoms with van der Waals surface area (Å²) in [4.78, 5) is 45.6. The Morgan fingerprint density at radius 1 is 1.12 bits per heavy atom. The molecule has 0 atom stereocenters. The van der Waals surface area contributed by atoms with Crippen molar-refractivity contribution in [1.29, 1.82) is 0 Å². The van der Waals surface area contributed by atoms with E-state index in [1.807, 2.05) is 5.32 Å². The van der Waals surface area contributed by atoms with Crippen LogP contribution in [0.2, 0.25) is 5.02 Å². The summed E-state index contributed by atoms with van der Waals surface area (Å²) < 4.78 is 58.8. The Bertz CT molecular complexity index is 2100. The minimum absolute atomic E-state index is 0.0971. The topological polar surface area (TPSA) is 135 Å². The van der Waals surface area contributed by atoms with Crippen LogP contribution in [0.25, 0.3) is 33.3 Å². The summed E-state index contributed by atoms with van der Waals surface area (Å²) in [6.45, 7) is 5.44. The lowest BCUT2D eigenvalue weighted by Gasteiger charge is -2.28. The molecule has 1 aliphatic rings. The Kier molecular flexibility index (Phi) is 11.5. The summed E-state index contributed by atoms with van der Waals surface area (Å²) in [5.74, 6) is 2.15. The number of carbonyl (C=O) groups is 3. The zero-order chi connectivity index (χ0) is 37.7. The molecule has 1 saturated heterocycles.